The largest absolute Gasteiger partial charge is 0.416 e. The lowest BCUT2D eigenvalue weighted by atomic mass is 9.87. The monoisotopic (exact) mass is 387 g/mol. The predicted molar refractivity (Wildman–Crippen MR) is 95.2 cm³/mol. The molecule has 2 rings (SSSR count). The number of nitrogens with zero attached hydrogens (tertiary/aromatic N) is 1. The Bertz CT molecular complexity index is 740. The van der Waals surface area contributed by atoms with Crippen LogP contribution >= 0.6 is 11.6 Å². The van der Waals surface area contributed by atoms with Gasteiger partial charge in [0.25, 0.3) is 5.91 Å². The summed E-state index contributed by atoms with van der Waals surface area (Å²) in [5.41, 5.74) is 11.1. The molecule has 1 amide bonds. The van der Waals surface area contributed by atoms with Crippen molar-refractivity contribution in [2.75, 3.05) is 13.1 Å². The molecule has 0 spiro atoms. The van der Waals surface area contributed by atoms with Crippen LogP contribution in [0.1, 0.15) is 36.8 Å². The number of rotatable bonds is 3. The molecule has 0 radical (unpaired) electrons. The van der Waals surface area contributed by atoms with Crippen molar-refractivity contribution in [1.29, 1.82) is 0 Å². The van der Waals surface area contributed by atoms with Crippen LogP contribution in [0.25, 0.3) is 0 Å². The van der Waals surface area contributed by atoms with Gasteiger partial charge in [0.15, 0.2) is 0 Å². The second-order valence-electron chi connectivity index (χ2n) is 6.33. The van der Waals surface area contributed by atoms with Crippen molar-refractivity contribution >= 4 is 17.5 Å². The number of nitrogens with two attached hydrogens (primary N) is 2. The third kappa shape index (κ3) is 4.72. The molecular formula is C18H21ClF3N3O. The molecule has 1 aliphatic heterocycles. The van der Waals surface area contributed by atoms with Gasteiger partial charge in [-0.05, 0) is 43.5 Å². The summed E-state index contributed by atoms with van der Waals surface area (Å²) >= 11 is 5.75. The summed E-state index contributed by atoms with van der Waals surface area (Å²) in [6.07, 6.45) is -0.739. The average Bonchev–Trinajstić information content (AvgIpc) is 2.58. The summed E-state index contributed by atoms with van der Waals surface area (Å²) in [5.74, 6) is -0.770. The fraction of sp³-hybridized carbons (Fsp3) is 0.389. The van der Waals surface area contributed by atoms with Crippen LogP contribution in [0, 0.1) is 0 Å². The summed E-state index contributed by atoms with van der Waals surface area (Å²) in [6, 6.07) is 3.77. The Labute approximate surface area is 155 Å². The van der Waals surface area contributed by atoms with E-state index >= 15 is 0 Å². The van der Waals surface area contributed by atoms with Crippen molar-refractivity contribution < 1.29 is 18.0 Å². The van der Waals surface area contributed by atoms with Crippen molar-refractivity contribution in [2.45, 2.75) is 31.9 Å². The highest BCUT2D eigenvalue weighted by molar-refractivity contribution is 6.30. The van der Waals surface area contributed by atoms with Crippen LogP contribution in [0.4, 0.5) is 13.2 Å². The number of carbonyl (C=O) groups excluding carboxylic acids is 1. The minimum atomic E-state index is -4.51. The van der Waals surface area contributed by atoms with Crippen molar-refractivity contribution in [3.05, 3.63) is 57.9 Å². The Morgan fingerprint density at radius 2 is 2.08 bits per heavy atom. The zero-order chi connectivity index (χ0) is 19.5. The van der Waals surface area contributed by atoms with E-state index in [1.54, 1.807) is 6.92 Å². The first-order chi connectivity index (χ1) is 12.1. The van der Waals surface area contributed by atoms with Gasteiger partial charge in [-0.1, -0.05) is 17.7 Å². The molecule has 8 heteroatoms. The zero-order valence-electron chi connectivity index (χ0n) is 14.3. The Kier molecular flexibility index (Phi) is 6.23. The second-order valence-corrected chi connectivity index (χ2v) is 6.77. The van der Waals surface area contributed by atoms with Crippen LogP contribution in [0.5, 0.6) is 0 Å². The topological polar surface area (TPSA) is 72.3 Å². The van der Waals surface area contributed by atoms with E-state index in [2.05, 4.69) is 0 Å². The minimum Gasteiger partial charge on any atom is -0.404 e. The van der Waals surface area contributed by atoms with Crippen LogP contribution in [-0.2, 0) is 11.0 Å². The van der Waals surface area contributed by atoms with Gasteiger partial charge >= 0.3 is 6.18 Å². The molecule has 1 aromatic carbocycles. The molecule has 0 saturated carbocycles. The smallest absolute Gasteiger partial charge is 0.404 e. The van der Waals surface area contributed by atoms with Gasteiger partial charge in [-0.3, -0.25) is 4.79 Å². The maximum absolute atomic E-state index is 13.4. The minimum absolute atomic E-state index is 0.0294. The highest BCUT2D eigenvalue weighted by Gasteiger charge is 2.37. The molecule has 0 aliphatic carbocycles. The maximum atomic E-state index is 13.4. The number of allylic oxidation sites excluding steroid dienone is 1. The van der Waals surface area contributed by atoms with Crippen LogP contribution in [-0.4, -0.2) is 23.9 Å². The molecule has 26 heavy (non-hydrogen) atoms. The number of carbonyl (C=O) groups is 1. The third-order valence-corrected chi connectivity index (χ3v) is 4.51. The number of amides is 1. The first kappa shape index (κ1) is 20.2. The molecule has 1 saturated heterocycles. The van der Waals surface area contributed by atoms with Crippen LogP contribution in [0.15, 0.2) is 41.7 Å². The molecule has 4 nitrogen and oxygen atoms in total. The van der Waals surface area contributed by atoms with Gasteiger partial charge in [0.05, 0.1) is 11.1 Å². The van der Waals surface area contributed by atoms with Crippen LogP contribution in [0.2, 0.25) is 5.02 Å². The number of piperidine rings is 1. The number of benzene rings is 1. The number of likely N-dealkylation sites (tertiary alicyclic amines) is 1. The first-order valence-electron chi connectivity index (χ1n) is 8.15. The van der Waals surface area contributed by atoms with E-state index in [9.17, 15) is 18.0 Å². The number of hydrogen-bond donors (Lipinski definition) is 2. The molecule has 142 valence electrons. The summed E-state index contributed by atoms with van der Waals surface area (Å²) in [7, 11) is 0. The van der Waals surface area contributed by atoms with Crippen molar-refractivity contribution in [3.8, 4) is 0 Å². The number of halogens is 4. The van der Waals surface area contributed by atoms with Crippen molar-refractivity contribution in [3.63, 3.8) is 0 Å². The van der Waals surface area contributed by atoms with Gasteiger partial charge in [-0.25, -0.2) is 0 Å². The summed E-state index contributed by atoms with van der Waals surface area (Å²) in [4.78, 5) is 14.1. The van der Waals surface area contributed by atoms with Gasteiger partial charge in [0.1, 0.15) is 0 Å². The van der Waals surface area contributed by atoms with Gasteiger partial charge < -0.3 is 16.4 Å². The first-order valence-corrected chi connectivity index (χ1v) is 8.53. The lowest BCUT2D eigenvalue weighted by Gasteiger charge is -2.34. The van der Waals surface area contributed by atoms with Crippen LogP contribution in [0.3, 0.4) is 0 Å². The third-order valence-electron chi connectivity index (χ3n) is 4.28. The molecule has 1 heterocycles. The fourth-order valence-electron chi connectivity index (χ4n) is 3.15. The van der Waals surface area contributed by atoms with Crippen LogP contribution < -0.4 is 11.5 Å². The highest BCUT2D eigenvalue weighted by Crippen LogP contribution is 2.39. The highest BCUT2D eigenvalue weighted by atomic mass is 35.5. The van der Waals surface area contributed by atoms with E-state index in [0.29, 0.717) is 25.1 Å². The number of alkyl halides is 3. The Balaban J connectivity index is 2.29. The normalized spacial score (nSPS) is 19.6. The van der Waals surface area contributed by atoms with E-state index in [0.717, 1.165) is 12.3 Å². The van der Waals surface area contributed by atoms with Crippen molar-refractivity contribution in [1.82, 2.24) is 4.90 Å². The lowest BCUT2D eigenvalue weighted by molar-refractivity contribution is -0.138. The summed E-state index contributed by atoms with van der Waals surface area (Å²) < 4.78 is 40.1. The lowest BCUT2D eigenvalue weighted by Crippen LogP contribution is -2.40. The summed E-state index contributed by atoms with van der Waals surface area (Å²) in [5, 5.41) is 0.0294. The summed E-state index contributed by atoms with van der Waals surface area (Å²) in [6.45, 7) is 2.26. The van der Waals surface area contributed by atoms with E-state index < -0.39 is 17.7 Å². The predicted octanol–water partition coefficient (Wildman–Crippen LogP) is 3.77. The molecule has 0 aromatic heterocycles. The Hall–Kier alpha value is -2.15. The molecule has 0 bridgehead atoms. The molecule has 1 unspecified atom stereocenters. The molecule has 1 atom stereocenters. The SMILES string of the molecule is C/C(N)=C/C(=C\N)C(=O)N1CCCC(c2ccc(Cl)cc2C(F)(F)F)C1. The van der Waals surface area contributed by atoms with Gasteiger partial charge in [0, 0.05) is 35.9 Å². The second kappa shape index (κ2) is 8.03. The Morgan fingerprint density at radius 1 is 1.38 bits per heavy atom. The fourth-order valence-corrected chi connectivity index (χ4v) is 3.33. The quantitative estimate of drug-likeness (QED) is 0.612. The number of hydrogen-bond acceptors (Lipinski definition) is 3. The molecule has 1 aliphatic rings. The standard InChI is InChI=1S/C18H21ClF3N3O/c1-11(24)7-13(9-23)17(26)25-6-2-3-12(10-25)15-5-4-14(19)8-16(15)18(20,21)22/h4-5,7-9,12H,2-3,6,10,23-24H2,1H3/b11-7-,13-9+. The maximum Gasteiger partial charge on any atom is 0.416 e. The van der Waals surface area contributed by atoms with Gasteiger partial charge in [-0.2, -0.15) is 13.2 Å². The molecule has 1 fully saturated rings. The van der Waals surface area contributed by atoms with E-state index in [-0.39, 0.29) is 28.6 Å². The molecule has 1 aromatic rings. The van der Waals surface area contributed by atoms with E-state index in [4.69, 9.17) is 23.1 Å². The van der Waals surface area contributed by atoms with Crippen molar-refractivity contribution in [2.24, 2.45) is 11.5 Å². The van der Waals surface area contributed by atoms with Gasteiger partial charge in [0.2, 0.25) is 0 Å². The average molecular weight is 388 g/mol. The Morgan fingerprint density at radius 3 is 2.65 bits per heavy atom. The zero-order valence-corrected chi connectivity index (χ0v) is 15.1. The molecule has 4 N–H and O–H groups in total. The van der Waals surface area contributed by atoms with E-state index in [1.165, 1.54) is 23.1 Å². The molecular weight excluding hydrogens is 367 g/mol. The van der Waals surface area contributed by atoms with Gasteiger partial charge in [-0.15, -0.1) is 0 Å². The van der Waals surface area contributed by atoms with E-state index in [1.807, 2.05) is 0 Å².